The highest BCUT2D eigenvalue weighted by atomic mass is 32.2. The maximum Gasteiger partial charge on any atom is 0.303 e. The van der Waals surface area contributed by atoms with E-state index in [9.17, 15) is 4.79 Å². The first-order valence-corrected chi connectivity index (χ1v) is 8.72. The number of carboxylic acid groups (broad SMARTS) is 1. The van der Waals surface area contributed by atoms with Crippen LogP contribution in [-0.4, -0.2) is 28.4 Å². The number of carboxylic acids is 1. The number of thioether (sulfide) groups is 1. The van der Waals surface area contributed by atoms with Crippen LogP contribution < -0.4 is 4.74 Å². The van der Waals surface area contributed by atoms with Gasteiger partial charge in [0.25, 0.3) is 0 Å². The topological polar surface area (TPSA) is 59.4 Å². The molecule has 0 aliphatic heterocycles. The van der Waals surface area contributed by atoms with E-state index in [4.69, 9.17) is 9.84 Å². The van der Waals surface area contributed by atoms with Gasteiger partial charge in [-0.2, -0.15) is 0 Å². The zero-order valence-electron chi connectivity index (χ0n) is 13.2. The number of ether oxygens (including phenoxy) is 1. The molecule has 5 heteroatoms. The van der Waals surface area contributed by atoms with Crippen molar-refractivity contribution >= 4 is 17.7 Å². The van der Waals surface area contributed by atoms with Crippen LogP contribution in [0.3, 0.4) is 0 Å². The van der Waals surface area contributed by atoms with Crippen LogP contribution in [0, 0.1) is 0 Å². The molecule has 0 radical (unpaired) electrons. The Bertz CT molecular complexity index is 628. The zero-order valence-corrected chi connectivity index (χ0v) is 14.0. The quantitative estimate of drug-likeness (QED) is 0.542. The molecule has 0 aliphatic carbocycles. The second-order valence-electron chi connectivity index (χ2n) is 5.08. The fourth-order valence-corrected chi connectivity index (χ4v) is 2.85. The molecule has 0 atom stereocenters. The molecular formula is C18H21NO3S. The SMILES string of the molecule is CCCOc1cccc(-c2ccc(SCCCC(=O)O)cc2)n1. The standard InChI is InChI=1S/C18H21NO3S/c1-2-12-22-17-6-3-5-16(19-17)14-8-10-15(11-9-14)23-13-4-7-18(20)21/h3,5-6,8-11H,2,4,7,12-13H2,1H3,(H,20,21). The fourth-order valence-electron chi connectivity index (χ4n) is 2.00. The van der Waals surface area contributed by atoms with E-state index in [0.717, 1.165) is 28.3 Å². The number of aromatic nitrogens is 1. The molecule has 0 saturated heterocycles. The molecule has 0 spiro atoms. The number of benzene rings is 1. The maximum absolute atomic E-state index is 10.5. The molecule has 0 fully saturated rings. The van der Waals surface area contributed by atoms with Crippen molar-refractivity contribution in [3.05, 3.63) is 42.5 Å². The lowest BCUT2D eigenvalue weighted by atomic mass is 10.1. The fraction of sp³-hybridized carbons (Fsp3) is 0.333. The monoisotopic (exact) mass is 331 g/mol. The molecule has 2 rings (SSSR count). The largest absolute Gasteiger partial charge is 0.481 e. The number of hydrogen-bond acceptors (Lipinski definition) is 4. The van der Waals surface area contributed by atoms with Crippen molar-refractivity contribution in [3.8, 4) is 17.1 Å². The summed E-state index contributed by atoms with van der Waals surface area (Å²) < 4.78 is 5.56. The van der Waals surface area contributed by atoms with Crippen molar-refractivity contribution < 1.29 is 14.6 Å². The molecule has 122 valence electrons. The Morgan fingerprint density at radius 2 is 2.00 bits per heavy atom. The molecule has 23 heavy (non-hydrogen) atoms. The lowest BCUT2D eigenvalue weighted by molar-refractivity contribution is -0.137. The number of carbonyl (C=O) groups is 1. The van der Waals surface area contributed by atoms with E-state index in [1.165, 1.54) is 0 Å². The van der Waals surface area contributed by atoms with Gasteiger partial charge in [-0.1, -0.05) is 25.1 Å². The van der Waals surface area contributed by atoms with Gasteiger partial charge in [0.2, 0.25) is 5.88 Å². The van der Waals surface area contributed by atoms with Gasteiger partial charge in [0.05, 0.1) is 12.3 Å². The zero-order chi connectivity index (χ0) is 16.5. The van der Waals surface area contributed by atoms with E-state index in [2.05, 4.69) is 11.9 Å². The summed E-state index contributed by atoms with van der Waals surface area (Å²) in [6.45, 7) is 2.74. The summed E-state index contributed by atoms with van der Waals surface area (Å²) in [7, 11) is 0. The number of aliphatic carboxylic acids is 1. The molecule has 1 aromatic carbocycles. The third-order valence-corrected chi connectivity index (χ3v) is 4.23. The predicted molar refractivity (Wildman–Crippen MR) is 93.1 cm³/mol. The Morgan fingerprint density at radius 3 is 2.70 bits per heavy atom. The van der Waals surface area contributed by atoms with E-state index in [1.54, 1.807) is 11.8 Å². The minimum atomic E-state index is -0.739. The van der Waals surface area contributed by atoms with E-state index in [-0.39, 0.29) is 6.42 Å². The lowest BCUT2D eigenvalue weighted by Crippen LogP contribution is -1.97. The molecule has 1 heterocycles. The molecule has 4 nitrogen and oxygen atoms in total. The third-order valence-electron chi connectivity index (χ3n) is 3.13. The average Bonchev–Trinajstić information content (AvgIpc) is 2.57. The first kappa shape index (κ1) is 17.3. The normalized spacial score (nSPS) is 10.5. The molecule has 0 amide bonds. The first-order valence-electron chi connectivity index (χ1n) is 7.74. The third kappa shape index (κ3) is 5.94. The second-order valence-corrected chi connectivity index (χ2v) is 6.25. The van der Waals surface area contributed by atoms with Crippen LogP contribution in [0.2, 0.25) is 0 Å². The molecule has 1 N–H and O–H groups in total. The molecule has 0 aliphatic rings. The molecule has 0 saturated carbocycles. The Labute approximate surface area is 140 Å². The van der Waals surface area contributed by atoms with E-state index in [0.29, 0.717) is 18.9 Å². The van der Waals surface area contributed by atoms with Crippen molar-refractivity contribution in [2.75, 3.05) is 12.4 Å². The smallest absolute Gasteiger partial charge is 0.303 e. The van der Waals surface area contributed by atoms with Crippen LogP contribution in [-0.2, 0) is 4.79 Å². The molecule has 2 aromatic rings. The number of rotatable bonds is 9. The van der Waals surface area contributed by atoms with Gasteiger partial charge < -0.3 is 9.84 Å². The summed E-state index contributed by atoms with van der Waals surface area (Å²) in [6, 6.07) is 13.9. The minimum absolute atomic E-state index is 0.222. The summed E-state index contributed by atoms with van der Waals surface area (Å²) in [4.78, 5) is 16.1. The second kappa shape index (κ2) is 9.20. The summed E-state index contributed by atoms with van der Waals surface area (Å²) in [5.74, 6) is 0.721. The van der Waals surface area contributed by atoms with E-state index >= 15 is 0 Å². The van der Waals surface area contributed by atoms with Gasteiger partial charge >= 0.3 is 5.97 Å². The molecule has 0 unspecified atom stereocenters. The number of pyridine rings is 1. The Balaban J connectivity index is 1.95. The van der Waals surface area contributed by atoms with Crippen molar-refractivity contribution in [2.45, 2.75) is 31.1 Å². The maximum atomic E-state index is 10.5. The highest BCUT2D eigenvalue weighted by Gasteiger charge is 2.03. The lowest BCUT2D eigenvalue weighted by Gasteiger charge is -2.07. The van der Waals surface area contributed by atoms with Gasteiger partial charge in [0.15, 0.2) is 0 Å². The van der Waals surface area contributed by atoms with Crippen LogP contribution in [0.25, 0.3) is 11.3 Å². The first-order chi connectivity index (χ1) is 11.2. The van der Waals surface area contributed by atoms with E-state index in [1.807, 2.05) is 42.5 Å². The Hall–Kier alpha value is -2.01. The van der Waals surface area contributed by atoms with Crippen LogP contribution >= 0.6 is 11.8 Å². The van der Waals surface area contributed by atoms with Gasteiger partial charge in [-0.3, -0.25) is 4.79 Å². The van der Waals surface area contributed by atoms with Gasteiger partial charge in [-0.05, 0) is 36.8 Å². The molecular weight excluding hydrogens is 310 g/mol. The Morgan fingerprint density at radius 1 is 1.22 bits per heavy atom. The van der Waals surface area contributed by atoms with E-state index < -0.39 is 5.97 Å². The summed E-state index contributed by atoms with van der Waals surface area (Å²) in [5.41, 5.74) is 1.93. The average molecular weight is 331 g/mol. The van der Waals surface area contributed by atoms with Crippen molar-refractivity contribution in [3.63, 3.8) is 0 Å². The van der Waals surface area contributed by atoms with Crippen molar-refractivity contribution in [1.29, 1.82) is 0 Å². The number of hydrogen-bond donors (Lipinski definition) is 1. The highest BCUT2D eigenvalue weighted by molar-refractivity contribution is 7.99. The van der Waals surface area contributed by atoms with Crippen molar-refractivity contribution in [2.24, 2.45) is 0 Å². The Kier molecular flexibility index (Phi) is 6.94. The van der Waals surface area contributed by atoms with Gasteiger partial charge in [0.1, 0.15) is 0 Å². The molecule has 1 aromatic heterocycles. The van der Waals surface area contributed by atoms with Crippen molar-refractivity contribution in [1.82, 2.24) is 4.98 Å². The van der Waals surface area contributed by atoms with Crippen LogP contribution in [0.5, 0.6) is 5.88 Å². The highest BCUT2D eigenvalue weighted by Crippen LogP contribution is 2.25. The predicted octanol–water partition coefficient (Wildman–Crippen LogP) is 4.49. The van der Waals surface area contributed by atoms with Gasteiger partial charge in [0, 0.05) is 22.9 Å². The van der Waals surface area contributed by atoms with Gasteiger partial charge in [-0.25, -0.2) is 4.98 Å². The van der Waals surface area contributed by atoms with Gasteiger partial charge in [-0.15, -0.1) is 11.8 Å². The molecule has 0 bridgehead atoms. The van der Waals surface area contributed by atoms with Crippen LogP contribution in [0.15, 0.2) is 47.4 Å². The van der Waals surface area contributed by atoms with Crippen LogP contribution in [0.1, 0.15) is 26.2 Å². The minimum Gasteiger partial charge on any atom is -0.481 e. The summed E-state index contributed by atoms with van der Waals surface area (Å²) >= 11 is 1.67. The van der Waals surface area contributed by atoms with Crippen LogP contribution in [0.4, 0.5) is 0 Å². The summed E-state index contributed by atoms with van der Waals surface area (Å²) in [6.07, 6.45) is 1.86. The number of nitrogens with zero attached hydrogens (tertiary/aromatic N) is 1. The summed E-state index contributed by atoms with van der Waals surface area (Å²) in [5, 5.41) is 8.62.